The fraction of sp³-hybridized carbons (Fsp3) is 0.615. The van der Waals surface area contributed by atoms with Crippen LogP contribution < -0.4 is 21.7 Å². The van der Waals surface area contributed by atoms with Crippen molar-refractivity contribution in [3.05, 3.63) is 35.4 Å². The number of hydrogen-bond acceptors (Lipinski definition) is 8. The maximum absolute atomic E-state index is 12.4. The van der Waals surface area contributed by atoms with Crippen LogP contribution in [0.5, 0.6) is 0 Å². The lowest BCUT2D eigenvalue weighted by atomic mass is 9.87. The summed E-state index contributed by atoms with van der Waals surface area (Å²) in [6.45, 7) is 6.51. The van der Waals surface area contributed by atoms with Crippen molar-refractivity contribution in [3.8, 4) is 0 Å². The highest BCUT2D eigenvalue weighted by Crippen LogP contribution is 2.22. The number of carbonyl (C=O) groups excluding carboxylic acids is 3. The van der Waals surface area contributed by atoms with Crippen LogP contribution in [0.4, 0.5) is 0 Å². The molecule has 1 aromatic carbocycles. The van der Waals surface area contributed by atoms with Crippen molar-refractivity contribution >= 4 is 23.7 Å². The number of nitrogens with two attached hydrogens (primary N) is 1. The lowest BCUT2D eigenvalue weighted by molar-refractivity contribution is -0.143. The fourth-order valence-electron chi connectivity index (χ4n) is 3.30. The van der Waals surface area contributed by atoms with Gasteiger partial charge in [-0.15, -0.1) is 0 Å². The molecule has 0 fully saturated rings. The van der Waals surface area contributed by atoms with E-state index in [1.54, 1.807) is 12.1 Å². The van der Waals surface area contributed by atoms with Gasteiger partial charge in [-0.3, -0.25) is 14.4 Å². The van der Waals surface area contributed by atoms with Crippen LogP contribution in [0.1, 0.15) is 56.0 Å². The third-order valence-electron chi connectivity index (χ3n) is 5.55. The maximum Gasteiger partial charge on any atom is 0.328 e. The van der Waals surface area contributed by atoms with Crippen LogP contribution in [-0.4, -0.2) is 92.1 Å². The van der Waals surface area contributed by atoms with E-state index in [1.165, 1.54) is 0 Å². The molecule has 2 atom stereocenters. The molecule has 0 aliphatic carbocycles. The Hall–Kier alpha value is -3.06. The first-order chi connectivity index (χ1) is 18.0. The summed E-state index contributed by atoms with van der Waals surface area (Å²) in [5.74, 6) is -2.85. The van der Waals surface area contributed by atoms with Gasteiger partial charge in [0.2, 0.25) is 11.8 Å². The van der Waals surface area contributed by atoms with Crippen LogP contribution in [-0.2, 0) is 29.3 Å². The number of rotatable bonds is 18. The van der Waals surface area contributed by atoms with E-state index >= 15 is 0 Å². The molecule has 12 heteroatoms. The van der Waals surface area contributed by atoms with Crippen molar-refractivity contribution in [3.63, 3.8) is 0 Å². The summed E-state index contributed by atoms with van der Waals surface area (Å²) in [5, 5.41) is 25.6. The first-order valence-electron chi connectivity index (χ1n) is 12.7. The van der Waals surface area contributed by atoms with Crippen molar-refractivity contribution in [1.82, 2.24) is 16.0 Å². The third-order valence-corrected chi connectivity index (χ3v) is 5.55. The standard InChI is InChI=1S/C26H42N4O8/c1-26(2,3)19-9-7-18(8-10-19)23(33)28-12-13-37-14-15-38-17-22(32)29-20(6-4-5-11-27)24(34)30-21(16-31)25(35)36/h7-10,20-21,31H,4-6,11-17,27H2,1-3H3,(H,28,33)(H,29,32)(H,30,34)(H,35,36)/t20-,21-/m0/s1. The van der Waals surface area contributed by atoms with E-state index in [-0.39, 0.29) is 44.2 Å². The molecule has 0 saturated heterocycles. The lowest BCUT2D eigenvalue weighted by Gasteiger charge is -2.20. The second-order valence-electron chi connectivity index (χ2n) is 9.73. The van der Waals surface area contributed by atoms with Crippen LogP contribution in [0, 0.1) is 0 Å². The van der Waals surface area contributed by atoms with Crippen molar-refractivity contribution in [2.45, 2.75) is 57.5 Å². The number of aliphatic carboxylic acids is 1. The van der Waals surface area contributed by atoms with Gasteiger partial charge in [0.25, 0.3) is 5.91 Å². The van der Waals surface area contributed by atoms with Crippen LogP contribution >= 0.6 is 0 Å². The molecule has 0 saturated carbocycles. The van der Waals surface area contributed by atoms with Gasteiger partial charge in [0.05, 0.1) is 26.4 Å². The summed E-state index contributed by atoms with van der Waals surface area (Å²) in [5.41, 5.74) is 7.19. The average molecular weight is 539 g/mol. The summed E-state index contributed by atoms with van der Waals surface area (Å²) in [6, 6.07) is 5.00. The number of unbranched alkanes of at least 4 members (excludes halogenated alkanes) is 1. The molecule has 0 aliphatic heterocycles. The summed E-state index contributed by atoms with van der Waals surface area (Å²) >= 11 is 0. The Labute approximate surface area is 223 Å². The van der Waals surface area contributed by atoms with Crippen LogP contribution in [0.3, 0.4) is 0 Å². The van der Waals surface area contributed by atoms with E-state index in [2.05, 4.69) is 36.7 Å². The van der Waals surface area contributed by atoms with Crippen molar-refractivity contribution in [2.75, 3.05) is 46.1 Å². The molecule has 3 amide bonds. The summed E-state index contributed by atoms with van der Waals surface area (Å²) in [6.07, 6.45) is 1.42. The van der Waals surface area contributed by atoms with Gasteiger partial charge in [-0.25, -0.2) is 4.79 Å². The Morgan fingerprint density at radius 1 is 0.947 bits per heavy atom. The van der Waals surface area contributed by atoms with E-state index in [0.29, 0.717) is 31.5 Å². The van der Waals surface area contributed by atoms with E-state index in [0.717, 1.165) is 5.56 Å². The molecule has 1 rings (SSSR count). The summed E-state index contributed by atoms with van der Waals surface area (Å²) in [4.78, 5) is 47.9. The maximum atomic E-state index is 12.4. The van der Waals surface area contributed by atoms with Crippen LogP contribution in [0.2, 0.25) is 0 Å². The molecule has 0 aromatic heterocycles. The zero-order valence-corrected chi connectivity index (χ0v) is 22.5. The molecular formula is C26H42N4O8. The Kier molecular flexibility index (Phi) is 15.1. The zero-order chi connectivity index (χ0) is 28.6. The fourth-order valence-corrected chi connectivity index (χ4v) is 3.30. The predicted octanol–water partition coefficient (Wildman–Crippen LogP) is -0.0774. The van der Waals surface area contributed by atoms with Gasteiger partial charge in [0, 0.05) is 12.1 Å². The van der Waals surface area contributed by atoms with E-state index in [1.807, 2.05) is 12.1 Å². The number of benzene rings is 1. The zero-order valence-electron chi connectivity index (χ0n) is 22.5. The molecule has 0 spiro atoms. The minimum Gasteiger partial charge on any atom is -0.480 e. The van der Waals surface area contributed by atoms with Gasteiger partial charge in [-0.2, -0.15) is 0 Å². The second kappa shape index (κ2) is 17.4. The molecule has 0 heterocycles. The third kappa shape index (κ3) is 13.0. The van der Waals surface area contributed by atoms with E-state index in [9.17, 15) is 19.2 Å². The first kappa shape index (κ1) is 33.0. The number of carboxylic acid groups (broad SMARTS) is 1. The first-order valence-corrected chi connectivity index (χ1v) is 12.7. The Bertz CT molecular complexity index is 886. The molecule has 12 nitrogen and oxygen atoms in total. The molecule has 0 radical (unpaired) electrons. The topological polar surface area (TPSA) is 189 Å². The van der Waals surface area contributed by atoms with Crippen molar-refractivity contribution in [1.29, 1.82) is 0 Å². The highest BCUT2D eigenvalue weighted by atomic mass is 16.5. The number of aliphatic hydroxyl groups is 1. The molecule has 0 unspecified atom stereocenters. The SMILES string of the molecule is CC(C)(C)c1ccc(C(=O)NCCOCCOCC(=O)N[C@@H](CCCCN)C(=O)N[C@@H](CO)C(=O)O)cc1. The number of carbonyl (C=O) groups is 4. The summed E-state index contributed by atoms with van der Waals surface area (Å²) in [7, 11) is 0. The van der Waals surface area contributed by atoms with Crippen molar-refractivity contribution < 1.29 is 38.9 Å². The minimum atomic E-state index is -1.47. The average Bonchev–Trinajstić information content (AvgIpc) is 2.87. The highest BCUT2D eigenvalue weighted by Gasteiger charge is 2.25. The second-order valence-corrected chi connectivity index (χ2v) is 9.73. The molecule has 0 aliphatic rings. The molecule has 1 aromatic rings. The van der Waals surface area contributed by atoms with Crippen LogP contribution in [0.25, 0.3) is 0 Å². The molecular weight excluding hydrogens is 496 g/mol. The van der Waals surface area contributed by atoms with Gasteiger partial charge < -0.3 is 41.4 Å². The smallest absolute Gasteiger partial charge is 0.328 e. The monoisotopic (exact) mass is 538 g/mol. The molecule has 214 valence electrons. The lowest BCUT2D eigenvalue weighted by Crippen LogP contribution is -2.53. The Morgan fingerprint density at radius 3 is 2.18 bits per heavy atom. The van der Waals surface area contributed by atoms with Crippen molar-refractivity contribution in [2.24, 2.45) is 5.73 Å². The van der Waals surface area contributed by atoms with Gasteiger partial charge in [0.15, 0.2) is 0 Å². The quantitative estimate of drug-likeness (QED) is 0.139. The van der Waals surface area contributed by atoms with E-state index < -0.39 is 36.5 Å². The number of amides is 3. The molecule has 7 N–H and O–H groups in total. The minimum absolute atomic E-state index is 0.0122. The normalized spacial score (nSPS) is 12.9. The number of carboxylic acids is 1. The van der Waals surface area contributed by atoms with E-state index in [4.69, 9.17) is 25.4 Å². The largest absolute Gasteiger partial charge is 0.480 e. The van der Waals surface area contributed by atoms with Gasteiger partial charge in [0.1, 0.15) is 18.7 Å². The van der Waals surface area contributed by atoms with Gasteiger partial charge in [-0.05, 0) is 48.9 Å². The van der Waals surface area contributed by atoms with Crippen LogP contribution in [0.15, 0.2) is 24.3 Å². The summed E-state index contributed by atoms with van der Waals surface area (Å²) < 4.78 is 10.7. The molecule has 0 bridgehead atoms. The number of aliphatic hydroxyl groups excluding tert-OH is 1. The Morgan fingerprint density at radius 2 is 1.61 bits per heavy atom. The molecule has 38 heavy (non-hydrogen) atoms. The van der Waals surface area contributed by atoms with Gasteiger partial charge in [-0.1, -0.05) is 32.9 Å². The predicted molar refractivity (Wildman–Crippen MR) is 141 cm³/mol. The number of hydrogen-bond donors (Lipinski definition) is 6. The highest BCUT2D eigenvalue weighted by molar-refractivity contribution is 5.94. The number of ether oxygens (including phenoxy) is 2. The Balaban J connectivity index is 2.30. The van der Waals surface area contributed by atoms with Gasteiger partial charge >= 0.3 is 5.97 Å². The number of nitrogens with one attached hydrogen (secondary N) is 3.